The van der Waals surface area contributed by atoms with E-state index in [1.54, 1.807) is 0 Å². The van der Waals surface area contributed by atoms with Gasteiger partial charge in [0.05, 0.1) is 0 Å². The van der Waals surface area contributed by atoms with Gasteiger partial charge >= 0.3 is 0 Å². The Balaban J connectivity index is 2.19. The predicted octanol–water partition coefficient (Wildman–Crippen LogP) is 3.51. The summed E-state index contributed by atoms with van der Waals surface area (Å²) in [5, 5.41) is 0. The molecule has 2 aliphatic rings. The molecule has 0 spiro atoms. The first kappa shape index (κ1) is 7.81. The Kier molecular flexibility index (Phi) is 1.66. The lowest BCUT2D eigenvalue weighted by Crippen LogP contribution is -1.81. The van der Waals surface area contributed by atoms with Gasteiger partial charge in [0, 0.05) is 0 Å². The highest BCUT2D eigenvalue weighted by Crippen LogP contribution is 2.35. The Hall–Kier alpha value is -1.56. The lowest BCUT2D eigenvalue weighted by molar-refractivity contribution is 1.24. The zero-order valence-electron chi connectivity index (χ0n) is 8.03. The molecule has 0 unspecified atom stereocenters. The summed E-state index contributed by atoms with van der Waals surface area (Å²) in [7, 11) is 0. The van der Waals surface area contributed by atoms with Crippen LogP contribution < -0.4 is 0 Å². The molecule has 0 heterocycles. The quantitative estimate of drug-likeness (QED) is 0.573. The van der Waals surface area contributed by atoms with E-state index in [0.29, 0.717) is 0 Å². The van der Waals surface area contributed by atoms with Crippen LogP contribution in [0.4, 0.5) is 0 Å². The van der Waals surface area contributed by atoms with E-state index in [0.717, 1.165) is 12.8 Å². The van der Waals surface area contributed by atoms with E-state index in [-0.39, 0.29) is 0 Å². The molecule has 0 fully saturated rings. The summed E-state index contributed by atoms with van der Waals surface area (Å²) in [6.07, 6.45) is 11.2. The Bertz CT molecular complexity index is 459. The third kappa shape index (κ3) is 1.07. The first-order valence-electron chi connectivity index (χ1n) is 5.09. The largest absolute Gasteiger partial charge is 0.0804 e. The smallest absolute Gasteiger partial charge is 0.00136 e. The Morgan fingerprint density at radius 3 is 2.79 bits per heavy atom. The van der Waals surface area contributed by atoms with Crippen molar-refractivity contribution >= 4 is 5.57 Å². The van der Waals surface area contributed by atoms with Gasteiger partial charge in [0.15, 0.2) is 0 Å². The van der Waals surface area contributed by atoms with Crippen molar-refractivity contribution in [2.75, 3.05) is 0 Å². The van der Waals surface area contributed by atoms with E-state index in [2.05, 4.69) is 48.6 Å². The Labute approximate surface area is 84.3 Å². The summed E-state index contributed by atoms with van der Waals surface area (Å²) in [5.74, 6) is 0. The van der Waals surface area contributed by atoms with Gasteiger partial charge in [-0.25, -0.2) is 0 Å². The van der Waals surface area contributed by atoms with Crippen LogP contribution in [0.25, 0.3) is 5.57 Å². The van der Waals surface area contributed by atoms with E-state index in [4.69, 9.17) is 0 Å². The highest BCUT2D eigenvalue weighted by atomic mass is 14.2. The fourth-order valence-corrected chi connectivity index (χ4v) is 2.23. The monoisotopic (exact) mass is 180 g/mol. The van der Waals surface area contributed by atoms with Crippen molar-refractivity contribution in [2.45, 2.75) is 12.8 Å². The molecule has 0 aliphatic heterocycles. The van der Waals surface area contributed by atoms with Crippen molar-refractivity contribution in [2.24, 2.45) is 0 Å². The molecule has 0 nitrogen and oxygen atoms in total. The van der Waals surface area contributed by atoms with Gasteiger partial charge in [-0.1, -0.05) is 48.6 Å². The van der Waals surface area contributed by atoms with E-state index >= 15 is 0 Å². The number of rotatable bonds is 0. The van der Waals surface area contributed by atoms with Crippen LogP contribution in [0.1, 0.15) is 17.5 Å². The number of hydrogen-bond donors (Lipinski definition) is 0. The van der Waals surface area contributed by atoms with Gasteiger partial charge in [-0.2, -0.15) is 0 Å². The highest BCUT2D eigenvalue weighted by molar-refractivity contribution is 5.84. The lowest BCUT2D eigenvalue weighted by atomic mass is 10.1. The molecule has 1 aromatic rings. The van der Waals surface area contributed by atoms with Gasteiger partial charge in [0.25, 0.3) is 0 Å². The highest BCUT2D eigenvalue weighted by Gasteiger charge is 2.17. The van der Waals surface area contributed by atoms with Crippen molar-refractivity contribution in [1.82, 2.24) is 0 Å². The first-order valence-corrected chi connectivity index (χ1v) is 5.09. The summed E-state index contributed by atoms with van der Waals surface area (Å²) < 4.78 is 0. The molecule has 0 saturated heterocycles. The average molecular weight is 180 g/mol. The van der Waals surface area contributed by atoms with Crippen LogP contribution >= 0.6 is 0 Å². The normalized spacial score (nSPS) is 18.0. The molecule has 3 rings (SSSR count). The van der Waals surface area contributed by atoms with Crippen LogP contribution in [-0.4, -0.2) is 0 Å². The van der Waals surface area contributed by atoms with Crippen LogP contribution in [-0.2, 0) is 6.42 Å². The number of fused-ring (bicyclic) bond motifs is 2. The molecule has 0 heteroatoms. The second-order valence-corrected chi connectivity index (χ2v) is 3.81. The third-order valence-electron chi connectivity index (χ3n) is 2.91. The van der Waals surface area contributed by atoms with Crippen molar-refractivity contribution < 1.29 is 0 Å². The molecule has 0 saturated carbocycles. The molecule has 2 aliphatic carbocycles. The average Bonchev–Trinajstić information content (AvgIpc) is 2.42. The molecule has 1 aromatic carbocycles. The lowest BCUT2D eigenvalue weighted by Gasteiger charge is -1.99. The topological polar surface area (TPSA) is 0 Å². The summed E-state index contributed by atoms with van der Waals surface area (Å²) in [5.41, 5.74) is 5.79. The Morgan fingerprint density at radius 1 is 0.929 bits per heavy atom. The third-order valence-corrected chi connectivity index (χ3v) is 2.91. The van der Waals surface area contributed by atoms with Crippen LogP contribution in [0.2, 0.25) is 0 Å². The van der Waals surface area contributed by atoms with Crippen molar-refractivity contribution in [3.8, 4) is 0 Å². The SMILES string of the molecule is C1=CC2=C(C=CC1)c1ccccc1C2. The maximum absolute atomic E-state index is 2.27. The van der Waals surface area contributed by atoms with E-state index in [9.17, 15) is 0 Å². The summed E-state index contributed by atoms with van der Waals surface area (Å²) in [6.45, 7) is 0. The zero-order chi connectivity index (χ0) is 9.38. The molecule has 0 aromatic heterocycles. The second-order valence-electron chi connectivity index (χ2n) is 3.81. The summed E-state index contributed by atoms with van der Waals surface area (Å²) in [6, 6.07) is 8.70. The maximum Gasteiger partial charge on any atom is -0.00136 e. The molecule has 68 valence electrons. The molecule has 0 N–H and O–H groups in total. The predicted molar refractivity (Wildman–Crippen MR) is 60.0 cm³/mol. The molecule has 14 heavy (non-hydrogen) atoms. The minimum atomic E-state index is 1.06. The van der Waals surface area contributed by atoms with Gasteiger partial charge in [-0.15, -0.1) is 0 Å². The van der Waals surface area contributed by atoms with Crippen molar-refractivity contribution in [3.63, 3.8) is 0 Å². The van der Waals surface area contributed by atoms with Gasteiger partial charge in [0.2, 0.25) is 0 Å². The number of benzene rings is 1. The van der Waals surface area contributed by atoms with Gasteiger partial charge < -0.3 is 0 Å². The maximum atomic E-state index is 2.27. The summed E-state index contributed by atoms with van der Waals surface area (Å²) >= 11 is 0. The molecule has 0 amide bonds. The number of hydrogen-bond acceptors (Lipinski definition) is 0. The molecular weight excluding hydrogens is 168 g/mol. The summed E-state index contributed by atoms with van der Waals surface area (Å²) in [4.78, 5) is 0. The van der Waals surface area contributed by atoms with Gasteiger partial charge in [0.1, 0.15) is 0 Å². The number of allylic oxidation sites excluding steroid dienone is 6. The minimum absolute atomic E-state index is 1.06. The fraction of sp³-hybridized carbons (Fsp3) is 0.143. The van der Waals surface area contributed by atoms with Crippen LogP contribution in [0, 0.1) is 0 Å². The van der Waals surface area contributed by atoms with Crippen LogP contribution in [0.5, 0.6) is 0 Å². The van der Waals surface area contributed by atoms with E-state index in [1.165, 1.54) is 22.3 Å². The van der Waals surface area contributed by atoms with Crippen molar-refractivity contribution in [1.29, 1.82) is 0 Å². The fourth-order valence-electron chi connectivity index (χ4n) is 2.23. The molecular formula is C14H12. The Morgan fingerprint density at radius 2 is 1.79 bits per heavy atom. The van der Waals surface area contributed by atoms with Crippen LogP contribution in [0.3, 0.4) is 0 Å². The van der Waals surface area contributed by atoms with Crippen LogP contribution in [0.15, 0.2) is 54.1 Å². The van der Waals surface area contributed by atoms with Gasteiger partial charge in [-0.3, -0.25) is 0 Å². The van der Waals surface area contributed by atoms with Gasteiger partial charge in [-0.05, 0) is 35.1 Å². The standard InChI is InChI=1S/C14H12/c1-2-6-11-10-12-7-4-5-9-14(12)13(11)8-3-1/h2-9H,1,10H2. The first-order chi connectivity index (χ1) is 6.95. The second kappa shape index (κ2) is 2.98. The zero-order valence-corrected chi connectivity index (χ0v) is 8.03. The molecule has 0 bridgehead atoms. The molecule has 0 atom stereocenters. The minimum Gasteiger partial charge on any atom is -0.0804 e. The van der Waals surface area contributed by atoms with E-state index < -0.39 is 0 Å². The molecule has 0 radical (unpaired) electrons. The van der Waals surface area contributed by atoms with E-state index in [1.807, 2.05) is 0 Å². The van der Waals surface area contributed by atoms with Crippen molar-refractivity contribution in [3.05, 3.63) is 65.3 Å².